The molecule has 0 saturated carbocycles. The quantitative estimate of drug-likeness (QED) is 0.180. The van der Waals surface area contributed by atoms with Crippen molar-refractivity contribution in [2.75, 3.05) is 0 Å². The van der Waals surface area contributed by atoms with Gasteiger partial charge in [-0.15, -0.1) is 0 Å². The summed E-state index contributed by atoms with van der Waals surface area (Å²) < 4.78 is 3.59. The molecule has 0 atom stereocenters. The third-order valence-corrected chi connectivity index (χ3v) is 8.79. The third-order valence-electron chi connectivity index (χ3n) is 5.69. The highest BCUT2D eigenvalue weighted by atomic mass is 79.9. The predicted octanol–water partition coefficient (Wildman–Crippen LogP) is 9.37. The topological polar surface area (TPSA) is 57.4 Å². The molecule has 0 saturated heterocycles. The van der Waals surface area contributed by atoms with Crippen LogP contribution in [0.1, 0.15) is 22.8 Å². The van der Waals surface area contributed by atoms with Crippen LogP contribution in [0.25, 0.3) is 57.5 Å². The third kappa shape index (κ3) is 3.77. The van der Waals surface area contributed by atoms with Crippen molar-refractivity contribution in [3.05, 3.63) is 89.2 Å². The zero-order valence-corrected chi connectivity index (χ0v) is 23.7. The van der Waals surface area contributed by atoms with Gasteiger partial charge in [-0.2, -0.15) is 0 Å². The number of nitrogens with zero attached hydrogens (tertiary/aromatic N) is 2. The second-order valence-corrected chi connectivity index (χ2v) is 11.0. The largest absolute Gasteiger partial charge is 0.354 e. The van der Waals surface area contributed by atoms with Gasteiger partial charge in [0.25, 0.3) is 0 Å². The van der Waals surface area contributed by atoms with Crippen molar-refractivity contribution < 1.29 is 0 Å². The minimum Gasteiger partial charge on any atom is -0.354 e. The molecular weight excluding hydrogens is 688 g/mol. The zero-order valence-electron chi connectivity index (χ0n) is 17.3. The Balaban J connectivity index is 1.82. The van der Waals surface area contributed by atoms with E-state index in [9.17, 15) is 0 Å². The summed E-state index contributed by atoms with van der Waals surface area (Å²) in [6.45, 7) is 0. The summed E-state index contributed by atoms with van der Waals surface area (Å²) in [5, 5.41) is 0. The number of rotatable bonds is 1. The van der Waals surface area contributed by atoms with Crippen molar-refractivity contribution in [3.63, 3.8) is 0 Å². The van der Waals surface area contributed by atoms with Crippen LogP contribution >= 0.6 is 63.7 Å². The Morgan fingerprint density at radius 1 is 0.559 bits per heavy atom. The van der Waals surface area contributed by atoms with E-state index in [-0.39, 0.29) is 0 Å². The molecule has 6 rings (SSSR count). The first kappa shape index (κ1) is 22.2. The van der Waals surface area contributed by atoms with Crippen LogP contribution in [0.4, 0.5) is 0 Å². The second-order valence-electron chi connectivity index (χ2n) is 7.81. The number of nitrogens with one attached hydrogen (secondary N) is 2. The monoisotopic (exact) mass is 698 g/mol. The molecule has 0 aliphatic carbocycles. The maximum Gasteiger partial charge on any atom is 0.0801 e. The summed E-state index contributed by atoms with van der Waals surface area (Å²) in [7, 11) is 0. The Hall–Kier alpha value is -2.26. The Bertz CT molecular complexity index is 1700. The average Bonchev–Trinajstić information content (AvgIpc) is 3.65. The van der Waals surface area contributed by atoms with Crippen LogP contribution in [0, 0.1) is 0 Å². The van der Waals surface area contributed by atoms with Crippen LogP contribution in [-0.4, -0.2) is 19.9 Å². The van der Waals surface area contributed by atoms with Gasteiger partial charge in [-0.05, 0) is 112 Å². The van der Waals surface area contributed by atoms with E-state index in [0.717, 1.165) is 73.9 Å². The van der Waals surface area contributed by atoms with Gasteiger partial charge in [-0.1, -0.05) is 30.3 Å². The van der Waals surface area contributed by atoms with Crippen LogP contribution < -0.4 is 0 Å². The van der Waals surface area contributed by atoms with Crippen molar-refractivity contribution in [2.24, 2.45) is 0 Å². The van der Waals surface area contributed by atoms with E-state index in [4.69, 9.17) is 9.97 Å². The van der Waals surface area contributed by atoms with E-state index in [0.29, 0.717) is 0 Å². The standard InChI is InChI=1S/C26H14Br4N4/c27-14-12-21-22(13-4-2-1-3-5-13)15-6-7-16(31-15)23(28)17-8-9-18(32-17)24(29)19-10-11-20(33-19)25(30)26(14)34-21/h1-12,32,34H. The molecule has 0 radical (unpaired) electrons. The highest BCUT2D eigenvalue weighted by molar-refractivity contribution is 9.11. The number of H-pyrrole nitrogens is 2. The summed E-state index contributed by atoms with van der Waals surface area (Å²) in [4.78, 5) is 16.9. The molecule has 1 aromatic carbocycles. The summed E-state index contributed by atoms with van der Waals surface area (Å²) in [6.07, 6.45) is 8.10. The van der Waals surface area contributed by atoms with Gasteiger partial charge in [0, 0.05) is 15.6 Å². The van der Waals surface area contributed by atoms with Gasteiger partial charge >= 0.3 is 0 Å². The Kier molecular flexibility index (Phi) is 5.72. The van der Waals surface area contributed by atoms with Crippen molar-refractivity contribution in [2.45, 2.75) is 0 Å². The summed E-state index contributed by atoms with van der Waals surface area (Å²) in [6, 6.07) is 16.5. The molecular formula is C26H14Br4N4. The number of benzene rings is 1. The molecule has 166 valence electrons. The predicted molar refractivity (Wildman–Crippen MR) is 155 cm³/mol. The molecule has 4 nitrogen and oxygen atoms in total. The Morgan fingerprint density at radius 2 is 1.12 bits per heavy atom. The van der Waals surface area contributed by atoms with Crippen LogP contribution in [0.15, 0.2) is 66.4 Å². The smallest absolute Gasteiger partial charge is 0.0801 e. The molecule has 8 heteroatoms. The Morgan fingerprint density at radius 3 is 1.76 bits per heavy atom. The first-order chi connectivity index (χ1) is 16.5. The first-order valence-corrected chi connectivity index (χ1v) is 13.5. The molecule has 0 fully saturated rings. The van der Waals surface area contributed by atoms with E-state index in [1.165, 1.54) is 0 Å². The Labute approximate surface area is 228 Å². The van der Waals surface area contributed by atoms with Crippen molar-refractivity contribution in [1.29, 1.82) is 0 Å². The summed E-state index contributed by atoms with van der Waals surface area (Å²) >= 11 is 15.0. The van der Waals surface area contributed by atoms with E-state index in [2.05, 4.69) is 98.0 Å². The van der Waals surface area contributed by atoms with E-state index < -0.39 is 0 Å². The van der Waals surface area contributed by atoms with Gasteiger partial charge < -0.3 is 9.97 Å². The van der Waals surface area contributed by atoms with Gasteiger partial charge in [0.2, 0.25) is 0 Å². The molecule has 5 heterocycles. The van der Waals surface area contributed by atoms with Crippen molar-refractivity contribution in [1.82, 2.24) is 19.9 Å². The fourth-order valence-corrected chi connectivity index (χ4v) is 6.29. The second kappa shape index (κ2) is 8.75. The van der Waals surface area contributed by atoms with Gasteiger partial charge in [0.1, 0.15) is 0 Å². The minimum atomic E-state index is 0.836. The molecule has 3 aromatic heterocycles. The van der Waals surface area contributed by atoms with Crippen molar-refractivity contribution >= 4 is 110 Å². The lowest BCUT2D eigenvalue weighted by Gasteiger charge is -2.03. The number of aromatic amines is 2. The number of halogens is 4. The van der Waals surface area contributed by atoms with Gasteiger partial charge in [0.05, 0.1) is 52.7 Å². The number of hydrogen-bond donors (Lipinski definition) is 2. The highest BCUT2D eigenvalue weighted by Crippen LogP contribution is 2.37. The van der Waals surface area contributed by atoms with E-state index in [1.54, 1.807) is 0 Å². The molecule has 34 heavy (non-hydrogen) atoms. The minimum absolute atomic E-state index is 0.836. The maximum absolute atomic E-state index is 5.00. The first-order valence-electron chi connectivity index (χ1n) is 10.4. The zero-order chi connectivity index (χ0) is 23.4. The SMILES string of the molecule is Brc1c2nc(c(-c3ccccc3)c3cc(Br)c([nH]3)c(Br)c3nc(c(Br)c4ccc1[nH]4)C=C3)C=C2. The molecule has 0 spiro atoms. The van der Waals surface area contributed by atoms with Gasteiger partial charge in [-0.25, -0.2) is 9.97 Å². The van der Waals surface area contributed by atoms with Gasteiger partial charge in [-0.3, -0.25) is 0 Å². The highest BCUT2D eigenvalue weighted by Gasteiger charge is 2.16. The lowest BCUT2D eigenvalue weighted by atomic mass is 10.0. The molecule has 2 aliphatic heterocycles. The van der Waals surface area contributed by atoms with E-state index in [1.807, 2.05) is 48.6 Å². The normalized spacial score (nSPS) is 12.5. The summed E-state index contributed by atoms with van der Waals surface area (Å²) in [5.41, 5.74) is 9.26. The van der Waals surface area contributed by atoms with Crippen LogP contribution in [0.5, 0.6) is 0 Å². The number of aromatic nitrogens is 4. The molecule has 8 bridgehead atoms. The molecule has 4 aromatic rings. The molecule has 2 aliphatic rings. The lowest BCUT2D eigenvalue weighted by Crippen LogP contribution is -1.86. The average molecular weight is 702 g/mol. The van der Waals surface area contributed by atoms with Crippen LogP contribution in [0.2, 0.25) is 0 Å². The number of fused-ring (bicyclic) bond motifs is 8. The van der Waals surface area contributed by atoms with Crippen LogP contribution in [-0.2, 0) is 0 Å². The molecule has 2 N–H and O–H groups in total. The molecule has 0 amide bonds. The molecule has 0 unspecified atom stereocenters. The fraction of sp³-hybridized carbons (Fsp3) is 0. The van der Waals surface area contributed by atoms with E-state index >= 15 is 0 Å². The van der Waals surface area contributed by atoms with Crippen LogP contribution in [0.3, 0.4) is 0 Å². The van der Waals surface area contributed by atoms with Gasteiger partial charge in [0.15, 0.2) is 0 Å². The van der Waals surface area contributed by atoms with Crippen molar-refractivity contribution in [3.8, 4) is 11.1 Å². The lowest BCUT2D eigenvalue weighted by molar-refractivity contribution is 1.29. The number of hydrogen-bond acceptors (Lipinski definition) is 2. The summed E-state index contributed by atoms with van der Waals surface area (Å²) in [5.74, 6) is 0. The maximum atomic E-state index is 5.00. The fourth-order valence-electron chi connectivity index (χ4n) is 4.06.